The van der Waals surface area contributed by atoms with E-state index in [9.17, 15) is 14.7 Å². The molecule has 37 heavy (non-hydrogen) atoms. The summed E-state index contributed by atoms with van der Waals surface area (Å²) >= 11 is 0. The Morgan fingerprint density at radius 2 is 1.95 bits per heavy atom. The first-order chi connectivity index (χ1) is 18.1. The van der Waals surface area contributed by atoms with Crippen molar-refractivity contribution < 1.29 is 33.6 Å². The van der Waals surface area contributed by atoms with Crippen molar-refractivity contribution in [1.82, 2.24) is 5.32 Å². The lowest BCUT2D eigenvalue weighted by Crippen LogP contribution is -2.47. The van der Waals surface area contributed by atoms with Crippen LogP contribution in [0.4, 0.5) is 5.69 Å². The van der Waals surface area contributed by atoms with Gasteiger partial charge < -0.3 is 34.7 Å². The fraction of sp³-hybridized carbons (Fsp3) is 0.500. The van der Waals surface area contributed by atoms with E-state index in [1.807, 2.05) is 42.5 Å². The second-order valence-corrected chi connectivity index (χ2v) is 9.82. The second-order valence-electron chi connectivity index (χ2n) is 9.82. The van der Waals surface area contributed by atoms with Crippen molar-refractivity contribution in [3.05, 3.63) is 53.6 Å². The van der Waals surface area contributed by atoms with Crippen LogP contribution >= 0.6 is 0 Å². The van der Waals surface area contributed by atoms with E-state index in [0.29, 0.717) is 26.2 Å². The van der Waals surface area contributed by atoms with E-state index in [1.54, 1.807) is 7.11 Å². The second kappa shape index (κ2) is 11.5. The number of carbonyl (C=O) groups excluding carboxylic acids is 2. The van der Waals surface area contributed by atoms with Gasteiger partial charge in [-0.1, -0.05) is 18.2 Å². The highest BCUT2D eigenvalue weighted by Gasteiger charge is 2.46. The molecule has 2 fully saturated rings. The maximum atomic E-state index is 12.8. The van der Waals surface area contributed by atoms with Crippen molar-refractivity contribution in [3.63, 3.8) is 0 Å². The number of anilines is 1. The number of benzene rings is 2. The average Bonchev–Trinajstić information content (AvgIpc) is 3.30. The SMILES string of the molecule is COc1ccccc1CNC(=O)C[C@H]1C[C@@H]2c3cc(NC(=O)C4CCOCC4)ccc3O[C@@H]2[C@@H](CO)O1. The molecule has 3 heterocycles. The maximum Gasteiger partial charge on any atom is 0.227 e. The summed E-state index contributed by atoms with van der Waals surface area (Å²) in [6.45, 7) is 1.36. The summed E-state index contributed by atoms with van der Waals surface area (Å²) in [5.41, 5.74) is 2.58. The summed E-state index contributed by atoms with van der Waals surface area (Å²) in [4.78, 5) is 25.5. The molecule has 0 radical (unpaired) electrons. The van der Waals surface area contributed by atoms with Crippen molar-refractivity contribution >= 4 is 17.5 Å². The fourth-order valence-electron chi connectivity index (χ4n) is 5.49. The van der Waals surface area contributed by atoms with Crippen molar-refractivity contribution in [2.45, 2.75) is 56.5 Å². The Morgan fingerprint density at radius 3 is 2.73 bits per heavy atom. The van der Waals surface area contributed by atoms with Crippen LogP contribution in [-0.2, 0) is 25.6 Å². The van der Waals surface area contributed by atoms with E-state index in [1.165, 1.54) is 0 Å². The number of aliphatic hydroxyl groups excluding tert-OH is 1. The summed E-state index contributed by atoms with van der Waals surface area (Å²) < 4.78 is 22.9. The lowest BCUT2D eigenvalue weighted by atomic mass is 9.84. The molecular formula is C28H34N2O7. The highest BCUT2D eigenvalue weighted by molar-refractivity contribution is 5.92. The van der Waals surface area contributed by atoms with Gasteiger partial charge in [0.1, 0.15) is 23.7 Å². The number of hydrogen-bond donors (Lipinski definition) is 3. The summed E-state index contributed by atoms with van der Waals surface area (Å²) in [5.74, 6) is 1.22. The zero-order chi connectivity index (χ0) is 25.8. The zero-order valence-electron chi connectivity index (χ0n) is 21.0. The Hall–Kier alpha value is -3.14. The molecule has 0 unspecified atom stereocenters. The monoisotopic (exact) mass is 510 g/mol. The highest BCUT2D eigenvalue weighted by Crippen LogP contribution is 2.47. The van der Waals surface area contributed by atoms with Crippen LogP contribution in [0.5, 0.6) is 11.5 Å². The summed E-state index contributed by atoms with van der Waals surface area (Å²) in [6, 6.07) is 13.2. The quantitative estimate of drug-likeness (QED) is 0.500. The van der Waals surface area contributed by atoms with E-state index in [-0.39, 0.29) is 48.9 Å². The van der Waals surface area contributed by atoms with Gasteiger partial charge in [0.05, 0.1) is 26.2 Å². The zero-order valence-corrected chi connectivity index (χ0v) is 21.0. The largest absolute Gasteiger partial charge is 0.496 e. The lowest BCUT2D eigenvalue weighted by molar-refractivity contribution is -0.142. The topological polar surface area (TPSA) is 115 Å². The normalized spacial score (nSPS) is 24.9. The molecule has 0 aliphatic carbocycles. The van der Waals surface area contributed by atoms with Gasteiger partial charge in [-0.05, 0) is 43.5 Å². The molecule has 2 aromatic carbocycles. The number of methoxy groups -OCH3 is 1. The minimum absolute atomic E-state index is 0.00326. The van der Waals surface area contributed by atoms with E-state index in [0.717, 1.165) is 41.2 Å². The van der Waals surface area contributed by atoms with Crippen LogP contribution in [-0.4, -0.2) is 62.2 Å². The molecule has 9 nitrogen and oxygen atoms in total. The van der Waals surface area contributed by atoms with Gasteiger partial charge in [-0.3, -0.25) is 9.59 Å². The molecule has 2 saturated heterocycles. The summed E-state index contributed by atoms with van der Waals surface area (Å²) in [6.07, 6.45) is 0.943. The number of ether oxygens (including phenoxy) is 4. The first-order valence-corrected chi connectivity index (χ1v) is 12.9. The van der Waals surface area contributed by atoms with Crippen LogP contribution in [0.3, 0.4) is 0 Å². The van der Waals surface area contributed by atoms with Crippen LogP contribution in [0.25, 0.3) is 0 Å². The molecule has 0 bridgehead atoms. The predicted octanol–water partition coefficient (Wildman–Crippen LogP) is 2.76. The van der Waals surface area contributed by atoms with E-state index in [4.69, 9.17) is 18.9 Å². The van der Waals surface area contributed by atoms with Crippen LogP contribution < -0.4 is 20.1 Å². The molecule has 0 saturated carbocycles. The Bertz CT molecular complexity index is 1120. The van der Waals surface area contributed by atoms with Gasteiger partial charge in [-0.2, -0.15) is 0 Å². The number of rotatable bonds is 8. The Kier molecular flexibility index (Phi) is 7.93. The van der Waals surface area contributed by atoms with Crippen LogP contribution in [0.2, 0.25) is 0 Å². The van der Waals surface area contributed by atoms with E-state index in [2.05, 4.69) is 10.6 Å². The molecule has 198 valence electrons. The fourth-order valence-corrected chi connectivity index (χ4v) is 5.49. The first-order valence-electron chi connectivity index (χ1n) is 12.9. The third-order valence-corrected chi connectivity index (χ3v) is 7.44. The van der Waals surface area contributed by atoms with Crippen molar-refractivity contribution in [2.24, 2.45) is 5.92 Å². The minimum atomic E-state index is -0.543. The molecular weight excluding hydrogens is 476 g/mol. The molecule has 9 heteroatoms. The first kappa shape index (κ1) is 25.5. The van der Waals surface area contributed by atoms with Gasteiger partial charge in [0.2, 0.25) is 11.8 Å². The van der Waals surface area contributed by atoms with Gasteiger partial charge >= 0.3 is 0 Å². The van der Waals surface area contributed by atoms with Crippen LogP contribution in [0, 0.1) is 5.92 Å². The lowest BCUT2D eigenvalue weighted by Gasteiger charge is -2.37. The Labute approximate surface area is 216 Å². The minimum Gasteiger partial charge on any atom is -0.496 e. The molecule has 0 spiro atoms. The average molecular weight is 511 g/mol. The van der Waals surface area contributed by atoms with Gasteiger partial charge in [0.25, 0.3) is 0 Å². The summed E-state index contributed by atoms with van der Waals surface area (Å²) in [7, 11) is 1.60. The number of aliphatic hydroxyl groups is 1. The third kappa shape index (κ3) is 5.74. The van der Waals surface area contributed by atoms with Crippen LogP contribution in [0.15, 0.2) is 42.5 Å². The molecule has 5 rings (SSSR count). The third-order valence-electron chi connectivity index (χ3n) is 7.44. The number of para-hydroxylation sites is 1. The summed E-state index contributed by atoms with van der Waals surface area (Å²) in [5, 5.41) is 16.0. The number of fused-ring (bicyclic) bond motifs is 3. The maximum absolute atomic E-state index is 12.8. The standard InChI is InChI=1S/C28H34N2O7/c1-34-23-5-3-2-4-18(23)15-29-26(32)14-20-13-22-21-12-19(30-28(33)17-8-10-35-11-9-17)6-7-24(21)37-27(22)25(16-31)36-20/h2-7,12,17,20,22,25,27,31H,8-11,13-16H2,1H3,(H,29,32)(H,30,33)/t20-,22-,25-,27+/m1/s1. The molecule has 4 atom stereocenters. The number of carbonyl (C=O) groups is 2. The van der Waals surface area contributed by atoms with Crippen molar-refractivity contribution in [3.8, 4) is 11.5 Å². The van der Waals surface area contributed by atoms with Crippen molar-refractivity contribution in [2.75, 3.05) is 32.2 Å². The van der Waals surface area contributed by atoms with Gasteiger partial charge in [-0.25, -0.2) is 0 Å². The van der Waals surface area contributed by atoms with Gasteiger partial charge in [-0.15, -0.1) is 0 Å². The highest BCUT2D eigenvalue weighted by atomic mass is 16.6. The molecule has 3 aliphatic rings. The predicted molar refractivity (Wildman–Crippen MR) is 136 cm³/mol. The molecule has 2 amide bonds. The number of hydrogen-bond acceptors (Lipinski definition) is 7. The number of nitrogens with one attached hydrogen (secondary N) is 2. The molecule has 3 aliphatic heterocycles. The van der Waals surface area contributed by atoms with Crippen LogP contribution in [0.1, 0.15) is 42.7 Å². The van der Waals surface area contributed by atoms with Crippen molar-refractivity contribution in [1.29, 1.82) is 0 Å². The van der Waals surface area contributed by atoms with E-state index < -0.39 is 6.10 Å². The van der Waals surface area contributed by atoms with E-state index >= 15 is 0 Å². The molecule has 0 aromatic heterocycles. The Balaban J connectivity index is 1.23. The number of amides is 2. The molecule has 2 aromatic rings. The van der Waals surface area contributed by atoms with Gasteiger partial charge in [0.15, 0.2) is 0 Å². The van der Waals surface area contributed by atoms with Gasteiger partial charge in [0, 0.05) is 48.4 Å². The molecule has 3 N–H and O–H groups in total. The Morgan fingerprint density at radius 1 is 1.14 bits per heavy atom. The smallest absolute Gasteiger partial charge is 0.227 e.